The molecule has 8 nitrogen and oxygen atoms in total. The monoisotopic (exact) mass is 415 g/mol. The molecular formula is C20H21N3O5S. The van der Waals surface area contributed by atoms with Crippen molar-refractivity contribution < 1.29 is 23.1 Å². The molecule has 9 heteroatoms. The minimum atomic E-state index is -3.81. The number of aliphatic carboxylic acids is 1. The number of hydrogen-bond acceptors (Lipinski definition) is 5. The van der Waals surface area contributed by atoms with Crippen LogP contribution in [-0.4, -0.2) is 36.4 Å². The average molecular weight is 415 g/mol. The number of ether oxygens (including phenoxy) is 1. The van der Waals surface area contributed by atoms with Crippen LogP contribution in [0.15, 0.2) is 59.6 Å². The van der Waals surface area contributed by atoms with Crippen molar-refractivity contribution in [3.05, 3.63) is 54.7 Å². The van der Waals surface area contributed by atoms with Gasteiger partial charge in [-0.2, -0.15) is 5.10 Å². The van der Waals surface area contributed by atoms with Gasteiger partial charge in [0.15, 0.2) is 0 Å². The number of carboxylic acid groups (broad SMARTS) is 1. The fraction of sp³-hybridized carbons (Fsp3) is 0.200. The van der Waals surface area contributed by atoms with Crippen molar-refractivity contribution in [3.8, 4) is 28.1 Å². The van der Waals surface area contributed by atoms with Crippen molar-refractivity contribution in [2.24, 2.45) is 5.14 Å². The number of nitrogens with two attached hydrogens (primary N) is 1. The Morgan fingerprint density at radius 1 is 1.14 bits per heavy atom. The Morgan fingerprint density at radius 3 is 2.21 bits per heavy atom. The molecule has 0 bridgehead atoms. The van der Waals surface area contributed by atoms with E-state index >= 15 is 0 Å². The molecule has 0 saturated carbocycles. The molecule has 0 saturated heterocycles. The van der Waals surface area contributed by atoms with Gasteiger partial charge in [0.25, 0.3) is 0 Å². The molecule has 3 rings (SSSR count). The van der Waals surface area contributed by atoms with Crippen LogP contribution in [0.25, 0.3) is 22.4 Å². The molecule has 1 aromatic heterocycles. The lowest BCUT2D eigenvalue weighted by Gasteiger charge is -2.09. The first kappa shape index (κ1) is 20.6. The van der Waals surface area contributed by atoms with E-state index in [1.54, 1.807) is 44.5 Å². The lowest BCUT2D eigenvalue weighted by Crippen LogP contribution is -2.18. The molecule has 0 fully saturated rings. The molecule has 152 valence electrons. The smallest absolute Gasteiger partial charge is 0.328 e. The molecule has 0 aliphatic heterocycles. The molecule has 0 aliphatic carbocycles. The maximum Gasteiger partial charge on any atom is 0.328 e. The number of methoxy groups -OCH3 is 1. The second-order valence-corrected chi connectivity index (χ2v) is 7.99. The molecule has 1 atom stereocenters. The molecule has 1 unspecified atom stereocenters. The van der Waals surface area contributed by atoms with Gasteiger partial charge in [0.2, 0.25) is 10.0 Å². The summed E-state index contributed by atoms with van der Waals surface area (Å²) in [6.07, 6.45) is 2.05. The topological polar surface area (TPSA) is 125 Å². The van der Waals surface area contributed by atoms with Crippen molar-refractivity contribution in [1.82, 2.24) is 9.78 Å². The number of benzene rings is 2. The number of sulfonamides is 1. The molecule has 1 heterocycles. The van der Waals surface area contributed by atoms with Crippen LogP contribution >= 0.6 is 0 Å². The fourth-order valence-electron chi connectivity index (χ4n) is 3.02. The molecule has 2 aromatic carbocycles. The highest BCUT2D eigenvalue weighted by Gasteiger charge is 2.22. The molecule has 0 radical (unpaired) electrons. The van der Waals surface area contributed by atoms with Gasteiger partial charge in [0.1, 0.15) is 17.5 Å². The number of rotatable bonds is 7. The van der Waals surface area contributed by atoms with Crippen LogP contribution in [0.3, 0.4) is 0 Å². The van der Waals surface area contributed by atoms with Crippen LogP contribution in [0.5, 0.6) is 5.75 Å². The highest BCUT2D eigenvalue weighted by atomic mass is 32.2. The lowest BCUT2D eigenvalue weighted by molar-refractivity contribution is -0.141. The first-order valence-corrected chi connectivity index (χ1v) is 10.4. The highest BCUT2D eigenvalue weighted by molar-refractivity contribution is 7.89. The Bertz CT molecular complexity index is 1120. The van der Waals surface area contributed by atoms with Gasteiger partial charge in [-0.1, -0.05) is 31.2 Å². The molecule has 3 aromatic rings. The van der Waals surface area contributed by atoms with Crippen molar-refractivity contribution in [1.29, 1.82) is 0 Å². The summed E-state index contributed by atoms with van der Waals surface area (Å²) in [4.78, 5) is 11.6. The van der Waals surface area contributed by atoms with E-state index in [1.165, 1.54) is 16.8 Å². The lowest BCUT2D eigenvalue weighted by atomic mass is 10.0. The van der Waals surface area contributed by atoms with E-state index in [9.17, 15) is 18.3 Å². The van der Waals surface area contributed by atoms with Gasteiger partial charge < -0.3 is 9.84 Å². The molecule has 0 aliphatic rings. The van der Waals surface area contributed by atoms with E-state index in [-0.39, 0.29) is 4.90 Å². The molecule has 0 spiro atoms. The Labute approximate surface area is 168 Å². The molecular weight excluding hydrogens is 394 g/mol. The standard InChI is InChI=1S/C20H21N3O5S/c1-3-18(20(24)25)23-12-17(13-4-8-15(28-2)9-5-13)19(22-23)14-6-10-16(11-7-14)29(21,26)27/h4-12,18H,3H2,1-2H3,(H,24,25)(H2,21,26,27). The maximum atomic E-state index is 11.6. The minimum Gasteiger partial charge on any atom is -0.497 e. The van der Waals surface area contributed by atoms with E-state index < -0.39 is 22.0 Å². The van der Waals surface area contributed by atoms with Crippen molar-refractivity contribution >= 4 is 16.0 Å². The summed E-state index contributed by atoms with van der Waals surface area (Å²) in [5, 5.41) is 19.2. The van der Waals surface area contributed by atoms with Gasteiger partial charge in [-0.05, 0) is 36.2 Å². The number of carboxylic acids is 1. The van der Waals surface area contributed by atoms with Crippen LogP contribution in [0.2, 0.25) is 0 Å². The quantitative estimate of drug-likeness (QED) is 0.611. The fourth-order valence-corrected chi connectivity index (χ4v) is 3.54. The Kier molecular flexibility index (Phi) is 5.71. The predicted molar refractivity (Wildman–Crippen MR) is 108 cm³/mol. The first-order valence-electron chi connectivity index (χ1n) is 8.84. The summed E-state index contributed by atoms with van der Waals surface area (Å²) in [6, 6.07) is 12.5. The number of primary sulfonamides is 1. The summed E-state index contributed by atoms with van der Waals surface area (Å²) in [6.45, 7) is 1.77. The number of carbonyl (C=O) groups is 1. The number of hydrogen-bond donors (Lipinski definition) is 2. The van der Waals surface area contributed by atoms with Crippen LogP contribution < -0.4 is 9.88 Å². The van der Waals surface area contributed by atoms with Gasteiger partial charge in [-0.25, -0.2) is 18.4 Å². The third-order valence-electron chi connectivity index (χ3n) is 4.58. The summed E-state index contributed by atoms with van der Waals surface area (Å²) in [5.74, 6) is -0.287. The molecule has 29 heavy (non-hydrogen) atoms. The van der Waals surface area contributed by atoms with Gasteiger partial charge in [-0.3, -0.25) is 4.68 Å². The first-order chi connectivity index (χ1) is 13.7. The number of nitrogens with zero attached hydrogens (tertiary/aromatic N) is 2. The average Bonchev–Trinajstić information content (AvgIpc) is 3.12. The van der Waals surface area contributed by atoms with Gasteiger partial charge in [-0.15, -0.1) is 0 Å². The third kappa shape index (κ3) is 4.30. The van der Waals surface area contributed by atoms with Crippen LogP contribution in [0.4, 0.5) is 0 Å². The number of aromatic nitrogens is 2. The predicted octanol–water partition coefficient (Wildman–Crippen LogP) is 2.91. The van der Waals surface area contributed by atoms with E-state index in [1.807, 2.05) is 12.1 Å². The Hall–Kier alpha value is -3.17. The Morgan fingerprint density at radius 2 is 1.72 bits per heavy atom. The Balaban J connectivity index is 2.15. The van der Waals surface area contributed by atoms with E-state index in [0.29, 0.717) is 23.4 Å². The molecule has 3 N–H and O–H groups in total. The third-order valence-corrected chi connectivity index (χ3v) is 5.51. The van der Waals surface area contributed by atoms with E-state index in [0.717, 1.165) is 11.1 Å². The van der Waals surface area contributed by atoms with Gasteiger partial charge in [0, 0.05) is 17.3 Å². The SMILES string of the molecule is CCC(C(=O)O)n1cc(-c2ccc(OC)cc2)c(-c2ccc(S(N)(=O)=O)cc2)n1. The van der Waals surface area contributed by atoms with E-state index in [2.05, 4.69) is 5.10 Å². The van der Waals surface area contributed by atoms with Crippen molar-refractivity contribution in [2.75, 3.05) is 7.11 Å². The van der Waals surface area contributed by atoms with Crippen LogP contribution in [0.1, 0.15) is 19.4 Å². The van der Waals surface area contributed by atoms with Crippen molar-refractivity contribution in [3.63, 3.8) is 0 Å². The maximum absolute atomic E-state index is 11.6. The zero-order chi connectivity index (χ0) is 21.2. The largest absolute Gasteiger partial charge is 0.497 e. The molecule has 0 amide bonds. The minimum absolute atomic E-state index is 0.0105. The summed E-state index contributed by atoms with van der Waals surface area (Å²) in [5.41, 5.74) is 2.72. The normalized spacial score (nSPS) is 12.5. The van der Waals surface area contributed by atoms with Crippen molar-refractivity contribution in [2.45, 2.75) is 24.3 Å². The zero-order valence-electron chi connectivity index (χ0n) is 15.9. The van der Waals surface area contributed by atoms with Crippen LogP contribution in [-0.2, 0) is 14.8 Å². The highest BCUT2D eigenvalue weighted by Crippen LogP contribution is 2.33. The second-order valence-electron chi connectivity index (χ2n) is 6.43. The summed E-state index contributed by atoms with van der Waals surface area (Å²) >= 11 is 0. The van der Waals surface area contributed by atoms with Crippen LogP contribution in [0, 0.1) is 0 Å². The summed E-state index contributed by atoms with van der Waals surface area (Å²) in [7, 11) is -2.24. The summed E-state index contributed by atoms with van der Waals surface area (Å²) < 4.78 is 29.6. The zero-order valence-corrected chi connectivity index (χ0v) is 16.8. The van der Waals surface area contributed by atoms with Gasteiger partial charge in [0.05, 0.1) is 12.0 Å². The second kappa shape index (κ2) is 8.06. The van der Waals surface area contributed by atoms with Gasteiger partial charge >= 0.3 is 5.97 Å². The van der Waals surface area contributed by atoms with E-state index in [4.69, 9.17) is 9.88 Å².